The number of aryl methyl sites for hydroxylation is 2. The molecule has 1 N–H and O–H groups in total. The van der Waals surface area contributed by atoms with Crippen LogP contribution in [0.15, 0.2) is 24.3 Å². The van der Waals surface area contributed by atoms with E-state index >= 15 is 0 Å². The second-order valence-corrected chi connectivity index (χ2v) is 5.12. The van der Waals surface area contributed by atoms with Crippen molar-refractivity contribution in [1.29, 1.82) is 0 Å². The monoisotopic (exact) mass is 296 g/mol. The summed E-state index contributed by atoms with van der Waals surface area (Å²) in [5.74, 6) is -0.355. The molecule has 0 spiro atoms. The SMILES string of the molecule is CCc1cc(C(O)Cc2cc(Cl)ccc2F)n(CC)n1. The Morgan fingerprint density at radius 1 is 1.35 bits per heavy atom. The zero-order valence-corrected chi connectivity index (χ0v) is 12.4. The quantitative estimate of drug-likeness (QED) is 0.916. The van der Waals surface area contributed by atoms with Crippen LogP contribution in [0, 0.1) is 5.82 Å². The van der Waals surface area contributed by atoms with Crippen LogP contribution in [-0.4, -0.2) is 14.9 Å². The van der Waals surface area contributed by atoms with Crippen LogP contribution in [0.25, 0.3) is 0 Å². The molecule has 20 heavy (non-hydrogen) atoms. The lowest BCUT2D eigenvalue weighted by atomic mass is 10.0. The molecule has 1 aromatic heterocycles. The summed E-state index contributed by atoms with van der Waals surface area (Å²) in [5, 5.41) is 15.2. The van der Waals surface area contributed by atoms with Gasteiger partial charge in [0.15, 0.2) is 0 Å². The van der Waals surface area contributed by atoms with E-state index in [4.69, 9.17) is 11.6 Å². The lowest BCUT2D eigenvalue weighted by Crippen LogP contribution is -2.10. The Balaban J connectivity index is 2.25. The van der Waals surface area contributed by atoms with Crippen molar-refractivity contribution in [2.24, 2.45) is 0 Å². The van der Waals surface area contributed by atoms with Crippen molar-refractivity contribution in [2.45, 2.75) is 39.3 Å². The molecule has 0 fully saturated rings. The average Bonchev–Trinajstić information content (AvgIpc) is 2.86. The van der Waals surface area contributed by atoms with Crippen LogP contribution in [0.5, 0.6) is 0 Å². The van der Waals surface area contributed by atoms with Crippen molar-refractivity contribution in [3.05, 3.63) is 52.1 Å². The van der Waals surface area contributed by atoms with Crippen molar-refractivity contribution >= 4 is 11.6 Å². The fourth-order valence-corrected chi connectivity index (χ4v) is 2.39. The van der Waals surface area contributed by atoms with Crippen molar-refractivity contribution in [3.63, 3.8) is 0 Å². The van der Waals surface area contributed by atoms with Gasteiger partial charge in [-0.1, -0.05) is 18.5 Å². The molecule has 0 saturated carbocycles. The number of halogens is 2. The minimum Gasteiger partial charge on any atom is -0.386 e. The third-order valence-electron chi connectivity index (χ3n) is 3.29. The fourth-order valence-electron chi connectivity index (χ4n) is 2.19. The van der Waals surface area contributed by atoms with Crippen LogP contribution in [0.2, 0.25) is 5.02 Å². The number of rotatable bonds is 5. The van der Waals surface area contributed by atoms with Crippen molar-refractivity contribution < 1.29 is 9.50 Å². The highest BCUT2D eigenvalue weighted by molar-refractivity contribution is 6.30. The maximum atomic E-state index is 13.7. The molecule has 0 aliphatic rings. The van der Waals surface area contributed by atoms with E-state index in [-0.39, 0.29) is 12.2 Å². The predicted octanol–water partition coefficient (Wildman–Crippen LogP) is 3.53. The van der Waals surface area contributed by atoms with Gasteiger partial charge in [-0.15, -0.1) is 0 Å². The molecule has 1 unspecified atom stereocenters. The number of aromatic nitrogens is 2. The fraction of sp³-hybridized carbons (Fsp3) is 0.400. The first-order valence-electron chi connectivity index (χ1n) is 6.73. The maximum absolute atomic E-state index is 13.7. The van der Waals surface area contributed by atoms with Gasteiger partial charge < -0.3 is 5.11 Å². The highest BCUT2D eigenvalue weighted by Gasteiger charge is 2.17. The smallest absolute Gasteiger partial charge is 0.126 e. The second kappa shape index (κ2) is 6.37. The molecule has 2 rings (SSSR count). The number of aliphatic hydroxyl groups excluding tert-OH is 1. The van der Waals surface area contributed by atoms with Gasteiger partial charge in [0.05, 0.1) is 17.5 Å². The van der Waals surface area contributed by atoms with Gasteiger partial charge in [0, 0.05) is 18.0 Å². The first kappa shape index (κ1) is 15.0. The van der Waals surface area contributed by atoms with E-state index in [9.17, 15) is 9.50 Å². The minimum atomic E-state index is -0.796. The van der Waals surface area contributed by atoms with Gasteiger partial charge in [0.2, 0.25) is 0 Å². The van der Waals surface area contributed by atoms with Gasteiger partial charge in [-0.05, 0) is 43.2 Å². The molecular formula is C15H18ClFN2O. The third-order valence-corrected chi connectivity index (χ3v) is 3.52. The first-order chi connectivity index (χ1) is 9.55. The van der Waals surface area contributed by atoms with E-state index in [1.165, 1.54) is 12.1 Å². The van der Waals surface area contributed by atoms with Gasteiger partial charge >= 0.3 is 0 Å². The van der Waals surface area contributed by atoms with E-state index in [0.717, 1.165) is 12.1 Å². The first-order valence-corrected chi connectivity index (χ1v) is 7.11. The lowest BCUT2D eigenvalue weighted by Gasteiger charge is -2.13. The van der Waals surface area contributed by atoms with Crippen molar-refractivity contribution in [1.82, 2.24) is 9.78 Å². The number of hydrogen-bond acceptors (Lipinski definition) is 2. The molecule has 0 bridgehead atoms. The van der Waals surface area contributed by atoms with Gasteiger partial charge in [-0.3, -0.25) is 4.68 Å². The highest BCUT2D eigenvalue weighted by Crippen LogP contribution is 2.23. The van der Waals surface area contributed by atoms with E-state index in [0.29, 0.717) is 22.8 Å². The molecule has 0 aliphatic carbocycles. The van der Waals surface area contributed by atoms with Gasteiger partial charge in [0.25, 0.3) is 0 Å². The molecule has 1 aromatic carbocycles. The molecule has 0 saturated heterocycles. The highest BCUT2D eigenvalue weighted by atomic mass is 35.5. The Labute approximate surface area is 123 Å². The Morgan fingerprint density at radius 2 is 2.10 bits per heavy atom. The lowest BCUT2D eigenvalue weighted by molar-refractivity contribution is 0.166. The predicted molar refractivity (Wildman–Crippen MR) is 77.4 cm³/mol. The summed E-state index contributed by atoms with van der Waals surface area (Å²) in [6, 6.07) is 6.24. The summed E-state index contributed by atoms with van der Waals surface area (Å²) in [6.45, 7) is 4.64. The number of nitrogens with zero attached hydrogens (tertiary/aromatic N) is 2. The van der Waals surface area contributed by atoms with Crippen LogP contribution < -0.4 is 0 Å². The minimum absolute atomic E-state index is 0.182. The molecule has 5 heteroatoms. The number of benzene rings is 1. The number of aliphatic hydroxyl groups is 1. The molecule has 1 atom stereocenters. The van der Waals surface area contributed by atoms with E-state index in [1.807, 2.05) is 19.9 Å². The molecule has 3 nitrogen and oxygen atoms in total. The Morgan fingerprint density at radius 3 is 2.75 bits per heavy atom. The van der Waals surface area contributed by atoms with Crippen molar-refractivity contribution in [2.75, 3.05) is 0 Å². The van der Waals surface area contributed by atoms with Gasteiger partial charge in [0.1, 0.15) is 5.82 Å². The van der Waals surface area contributed by atoms with Crippen LogP contribution in [0.1, 0.15) is 36.9 Å². The molecule has 108 valence electrons. The summed E-state index contributed by atoms with van der Waals surface area (Å²) in [4.78, 5) is 0. The van der Waals surface area contributed by atoms with E-state index in [1.54, 1.807) is 10.7 Å². The normalized spacial score (nSPS) is 12.7. The average molecular weight is 297 g/mol. The Bertz CT molecular complexity index is 598. The van der Waals surface area contributed by atoms with Crippen LogP contribution >= 0.6 is 11.6 Å². The maximum Gasteiger partial charge on any atom is 0.126 e. The summed E-state index contributed by atoms with van der Waals surface area (Å²) in [5.41, 5.74) is 2.04. The summed E-state index contributed by atoms with van der Waals surface area (Å²) < 4.78 is 15.5. The topological polar surface area (TPSA) is 38.0 Å². The summed E-state index contributed by atoms with van der Waals surface area (Å²) in [7, 11) is 0. The zero-order valence-electron chi connectivity index (χ0n) is 11.6. The van der Waals surface area contributed by atoms with E-state index in [2.05, 4.69) is 5.10 Å². The third kappa shape index (κ3) is 3.19. The molecule has 2 aromatic rings. The summed E-state index contributed by atoms with van der Waals surface area (Å²) >= 11 is 5.87. The molecule has 1 heterocycles. The number of hydrogen-bond donors (Lipinski definition) is 1. The Hall–Kier alpha value is -1.39. The molecule has 0 radical (unpaired) electrons. The summed E-state index contributed by atoms with van der Waals surface area (Å²) in [6.07, 6.45) is 0.190. The van der Waals surface area contributed by atoms with Gasteiger partial charge in [-0.25, -0.2) is 4.39 Å². The van der Waals surface area contributed by atoms with Crippen LogP contribution in [-0.2, 0) is 19.4 Å². The van der Waals surface area contributed by atoms with Gasteiger partial charge in [-0.2, -0.15) is 5.10 Å². The molecule has 0 amide bonds. The second-order valence-electron chi connectivity index (χ2n) is 4.69. The molecular weight excluding hydrogens is 279 g/mol. The zero-order chi connectivity index (χ0) is 14.7. The van der Waals surface area contributed by atoms with Crippen molar-refractivity contribution in [3.8, 4) is 0 Å². The molecule has 0 aliphatic heterocycles. The van der Waals surface area contributed by atoms with Crippen LogP contribution in [0.3, 0.4) is 0 Å². The standard InChI is InChI=1S/C15H18ClFN2O/c1-3-12-9-14(19(4-2)18-12)15(20)8-10-7-11(16)5-6-13(10)17/h5-7,9,15,20H,3-4,8H2,1-2H3. The van der Waals surface area contributed by atoms with E-state index < -0.39 is 6.10 Å². The largest absolute Gasteiger partial charge is 0.386 e. The Kier molecular flexibility index (Phi) is 4.78. The van der Waals surface area contributed by atoms with Crippen LogP contribution in [0.4, 0.5) is 4.39 Å².